The molecule has 0 bridgehead atoms. The second-order valence-corrected chi connectivity index (χ2v) is 8.10. The number of para-hydroxylation sites is 1. The summed E-state index contributed by atoms with van der Waals surface area (Å²) in [4.78, 5) is 41.8. The van der Waals surface area contributed by atoms with Crippen LogP contribution in [0.25, 0.3) is 10.9 Å². The molecular formula is C24H26N4O3. The zero-order valence-corrected chi connectivity index (χ0v) is 17.5. The lowest BCUT2D eigenvalue weighted by Crippen LogP contribution is -2.45. The Morgan fingerprint density at radius 3 is 2.58 bits per heavy atom. The van der Waals surface area contributed by atoms with E-state index in [1.807, 2.05) is 60.8 Å². The van der Waals surface area contributed by atoms with E-state index in [9.17, 15) is 14.4 Å². The third-order valence-electron chi connectivity index (χ3n) is 5.79. The van der Waals surface area contributed by atoms with Crippen molar-refractivity contribution in [3.05, 3.63) is 71.9 Å². The quantitative estimate of drug-likeness (QED) is 0.491. The van der Waals surface area contributed by atoms with E-state index in [4.69, 9.17) is 0 Å². The minimum absolute atomic E-state index is 0.278. The van der Waals surface area contributed by atoms with Crippen LogP contribution < -0.4 is 10.6 Å². The first-order valence-corrected chi connectivity index (χ1v) is 10.5. The molecule has 2 heterocycles. The molecule has 4 rings (SSSR count). The van der Waals surface area contributed by atoms with Gasteiger partial charge in [-0.15, -0.1) is 0 Å². The molecular weight excluding hydrogens is 392 g/mol. The monoisotopic (exact) mass is 418 g/mol. The number of imide groups is 1. The number of nitrogens with one attached hydrogen (secondary N) is 3. The predicted molar refractivity (Wildman–Crippen MR) is 118 cm³/mol. The average molecular weight is 418 g/mol. The fourth-order valence-electron chi connectivity index (χ4n) is 3.97. The SMILES string of the molecule is C[C@]1(CCc2ccccc2)NC(=O)N(CC(=O)NCCc2c[nH]c3ccccc23)C1=O. The van der Waals surface area contributed by atoms with Crippen molar-refractivity contribution < 1.29 is 14.4 Å². The van der Waals surface area contributed by atoms with Gasteiger partial charge >= 0.3 is 6.03 Å². The van der Waals surface area contributed by atoms with Crippen molar-refractivity contribution in [2.45, 2.75) is 31.7 Å². The third-order valence-corrected chi connectivity index (χ3v) is 5.79. The van der Waals surface area contributed by atoms with E-state index in [0.717, 1.165) is 26.9 Å². The molecule has 7 heteroatoms. The van der Waals surface area contributed by atoms with Gasteiger partial charge < -0.3 is 15.6 Å². The fraction of sp³-hybridized carbons (Fsp3) is 0.292. The molecule has 0 saturated carbocycles. The van der Waals surface area contributed by atoms with E-state index in [1.165, 1.54) is 0 Å². The van der Waals surface area contributed by atoms with Crippen molar-refractivity contribution in [2.75, 3.05) is 13.1 Å². The molecule has 4 amide bonds. The second kappa shape index (κ2) is 8.63. The van der Waals surface area contributed by atoms with Crippen molar-refractivity contribution in [1.29, 1.82) is 0 Å². The van der Waals surface area contributed by atoms with Crippen molar-refractivity contribution in [2.24, 2.45) is 0 Å². The lowest BCUT2D eigenvalue weighted by atomic mass is 9.93. The number of hydrogen-bond acceptors (Lipinski definition) is 3. The van der Waals surface area contributed by atoms with E-state index < -0.39 is 11.6 Å². The maximum atomic E-state index is 12.9. The molecule has 7 nitrogen and oxygen atoms in total. The predicted octanol–water partition coefficient (Wildman–Crippen LogP) is 2.77. The van der Waals surface area contributed by atoms with Crippen LogP contribution in [0.4, 0.5) is 4.79 Å². The summed E-state index contributed by atoms with van der Waals surface area (Å²) in [6.07, 6.45) is 3.73. The Morgan fingerprint density at radius 2 is 1.77 bits per heavy atom. The Labute approximate surface area is 180 Å². The summed E-state index contributed by atoms with van der Waals surface area (Å²) < 4.78 is 0. The van der Waals surface area contributed by atoms with E-state index in [0.29, 0.717) is 25.8 Å². The van der Waals surface area contributed by atoms with Crippen molar-refractivity contribution in [3.8, 4) is 0 Å². The number of urea groups is 1. The van der Waals surface area contributed by atoms with Gasteiger partial charge in [-0.05, 0) is 43.4 Å². The molecule has 3 N–H and O–H groups in total. The number of fused-ring (bicyclic) bond motifs is 1. The molecule has 160 valence electrons. The smallest absolute Gasteiger partial charge is 0.325 e. The molecule has 3 aromatic rings. The standard InChI is InChI=1S/C24H26N4O3/c1-24(13-11-17-7-3-2-4-8-17)22(30)28(23(31)27-24)16-21(29)25-14-12-18-15-26-20-10-6-5-9-19(18)20/h2-10,15,26H,11-14,16H2,1H3,(H,25,29)(H,27,31)/t24-/m1/s1. The number of nitrogens with zero attached hydrogens (tertiary/aromatic N) is 1. The van der Waals surface area contributed by atoms with Gasteiger partial charge in [-0.2, -0.15) is 0 Å². The Hall–Kier alpha value is -3.61. The maximum absolute atomic E-state index is 12.9. The lowest BCUT2D eigenvalue weighted by molar-refractivity contribution is -0.134. The molecule has 0 aliphatic carbocycles. The van der Waals surface area contributed by atoms with Gasteiger partial charge in [0.25, 0.3) is 5.91 Å². The number of H-pyrrole nitrogens is 1. The first kappa shape index (κ1) is 20.7. The van der Waals surface area contributed by atoms with Gasteiger partial charge in [-0.25, -0.2) is 4.79 Å². The minimum atomic E-state index is -1.00. The van der Waals surface area contributed by atoms with E-state index >= 15 is 0 Å². The van der Waals surface area contributed by atoms with Crippen LogP contribution in [0.2, 0.25) is 0 Å². The second-order valence-electron chi connectivity index (χ2n) is 8.10. The van der Waals surface area contributed by atoms with Gasteiger partial charge in [-0.1, -0.05) is 48.5 Å². The third kappa shape index (κ3) is 4.45. The number of amides is 4. The topological polar surface area (TPSA) is 94.3 Å². The van der Waals surface area contributed by atoms with Crippen molar-refractivity contribution in [3.63, 3.8) is 0 Å². The molecule has 1 atom stereocenters. The van der Waals surface area contributed by atoms with Crippen LogP contribution >= 0.6 is 0 Å². The molecule has 0 unspecified atom stereocenters. The van der Waals surface area contributed by atoms with E-state index in [2.05, 4.69) is 15.6 Å². The van der Waals surface area contributed by atoms with Crippen LogP contribution in [-0.2, 0) is 22.4 Å². The molecule has 1 aromatic heterocycles. The summed E-state index contributed by atoms with van der Waals surface area (Å²) in [5, 5.41) is 6.69. The average Bonchev–Trinajstić information content (AvgIpc) is 3.28. The Balaban J connectivity index is 1.29. The molecule has 31 heavy (non-hydrogen) atoms. The van der Waals surface area contributed by atoms with E-state index in [1.54, 1.807) is 6.92 Å². The number of carbonyl (C=O) groups excluding carboxylic acids is 3. The Morgan fingerprint density at radius 1 is 1.03 bits per heavy atom. The number of rotatable bonds is 8. The molecule has 0 spiro atoms. The summed E-state index contributed by atoms with van der Waals surface area (Å²) in [6, 6.07) is 17.3. The molecule has 1 fully saturated rings. The number of aromatic nitrogens is 1. The largest absolute Gasteiger partial charge is 0.361 e. The molecule has 1 aliphatic rings. The van der Waals surface area contributed by atoms with Crippen LogP contribution in [-0.4, -0.2) is 46.4 Å². The number of hydrogen-bond donors (Lipinski definition) is 3. The fourth-order valence-corrected chi connectivity index (χ4v) is 3.97. The number of aryl methyl sites for hydroxylation is 1. The van der Waals surface area contributed by atoms with Crippen molar-refractivity contribution >= 4 is 28.7 Å². The molecule has 1 saturated heterocycles. The van der Waals surface area contributed by atoms with Crippen LogP contribution in [0.3, 0.4) is 0 Å². The van der Waals surface area contributed by atoms with Gasteiger partial charge in [-0.3, -0.25) is 14.5 Å². The molecule has 1 aliphatic heterocycles. The number of carbonyl (C=O) groups is 3. The lowest BCUT2D eigenvalue weighted by Gasteiger charge is -2.21. The van der Waals surface area contributed by atoms with Crippen LogP contribution in [0.5, 0.6) is 0 Å². The highest BCUT2D eigenvalue weighted by atomic mass is 16.2. The van der Waals surface area contributed by atoms with Crippen LogP contribution in [0.1, 0.15) is 24.5 Å². The van der Waals surface area contributed by atoms with E-state index in [-0.39, 0.29) is 18.4 Å². The van der Waals surface area contributed by atoms with Crippen LogP contribution in [0, 0.1) is 0 Å². The summed E-state index contributed by atoms with van der Waals surface area (Å²) in [5.41, 5.74) is 2.26. The van der Waals surface area contributed by atoms with Gasteiger partial charge in [0.05, 0.1) is 0 Å². The number of aromatic amines is 1. The van der Waals surface area contributed by atoms with Gasteiger partial charge in [0.15, 0.2) is 0 Å². The van der Waals surface area contributed by atoms with Gasteiger partial charge in [0.2, 0.25) is 5.91 Å². The highest BCUT2D eigenvalue weighted by molar-refractivity contribution is 6.08. The first-order valence-electron chi connectivity index (χ1n) is 10.5. The van der Waals surface area contributed by atoms with Gasteiger partial charge in [0, 0.05) is 23.6 Å². The highest BCUT2D eigenvalue weighted by Crippen LogP contribution is 2.23. The Kier molecular flexibility index (Phi) is 5.75. The summed E-state index contributed by atoms with van der Waals surface area (Å²) in [6.45, 7) is 1.86. The Bertz CT molecular complexity index is 1110. The zero-order chi connectivity index (χ0) is 21.8. The van der Waals surface area contributed by atoms with Gasteiger partial charge in [0.1, 0.15) is 12.1 Å². The summed E-state index contributed by atoms with van der Waals surface area (Å²) >= 11 is 0. The first-order chi connectivity index (χ1) is 15.0. The van der Waals surface area contributed by atoms with Crippen LogP contribution in [0.15, 0.2) is 60.8 Å². The maximum Gasteiger partial charge on any atom is 0.325 e. The highest BCUT2D eigenvalue weighted by Gasteiger charge is 2.47. The minimum Gasteiger partial charge on any atom is -0.361 e. The summed E-state index contributed by atoms with van der Waals surface area (Å²) in [7, 11) is 0. The summed E-state index contributed by atoms with van der Waals surface area (Å²) in [5.74, 6) is -0.712. The molecule has 2 aromatic carbocycles. The normalized spacial score (nSPS) is 18.4. The molecule has 0 radical (unpaired) electrons. The number of benzene rings is 2. The zero-order valence-electron chi connectivity index (χ0n) is 17.5. The van der Waals surface area contributed by atoms with Crippen molar-refractivity contribution in [1.82, 2.24) is 20.5 Å².